The first-order valence-corrected chi connectivity index (χ1v) is 4.86. The molecule has 1 aromatic rings. The van der Waals surface area contributed by atoms with E-state index in [4.69, 9.17) is 4.74 Å². The highest BCUT2D eigenvalue weighted by Gasteiger charge is 2.16. The van der Waals surface area contributed by atoms with Gasteiger partial charge in [-0.15, -0.1) is 0 Å². The van der Waals surface area contributed by atoms with Crippen LogP contribution in [0.15, 0.2) is 24.3 Å². The zero-order valence-electron chi connectivity index (χ0n) is 7.92. The van der Waals surface area contributed by atoms with E-state index in [0.29, 0.717) is 0 Å². The van der Waals surface area contributed by atoms with Gasteiger partial charge >= 0.3 is 0 Å². The fourth-order valence-corrected chi connectivity index (χ4v) is 1.74. The summed E-state index contributed by atoms with van der Waals surface area (Å²) in [5, 5.41) is 3.38. The molecular weight excluding hydrogens is 162 g/mol. The zero-order chi connectivity index (χ0) is 9.10. The van der Waals surface area contributed by atoms with Gasteiger partial charge in [-0.05, 0) is 31.4 Å². The van der Waals surface area contributed by atoms with Gasteiger partial charge in [-0.1, -0.05) is 18.2 Å². The van der Waals surface area contributed by atoms with Crippen LogP contribution in [0.25, 0.3) is 0 Å². The van der Waals surface area contributed by atoms with E-state index in [1.165, 1.54) is 11.3 Å². The van der Waals surface area contributed by atoms with Gasteiger partial charge in [0.2, 0.25) is 0 Å². The Labute approximate surface area is 78.9 Å². The van der Waals surface area contributed by atoms with E-state index >= 15 is 0 Å². The normalized spacial score (nSPS) is 20.5. The molecule has 1 heterocycles. The topological polar surface area (TPSA) is 21.3 Å². The lowest BCUT2D eigenvalue weighted by atomic mass is 10.0. The average Bonchev–Trinajstić information content (AvgIpc) is 2.18. The molecule has 70 valence electrons. The minimum Gasteiger partial charge on any atom is -0.360 e. The maximum Gasteiger partial charge on any atom is 0.127 e. The third-order valence-electron chi connectivity index (χ3n) is 2.38. The maximum atomic E-state index is 5.53. The van der Waals surface area contributed by atoms with Crippen LogP contribution in [-0.4, -0.2) is 12.8 Å². The summed E-state index contributed by atoms with van der Waals surface area (Å²) in [5.41, 5.74) is 2.63. The fourth-order valence-electron chi connectivity index (χ4n) is 1.74. The minimum absolute atomic E-state index is 0.208. The number of ether oxygens (including phenoxy) is 1. The highest BCUT2D eigenvalue weighted by molar-refractivity contribution is 5.53. The van der Waals surface area contributed by atoms with Gasteiger partial charge < -0.3 is 10.1 Å². The lowest BCUT2D eigenvalue weighted by Crippen LogP contribution is -2.28. The molecule has 13 heavy (non-hydrogen) atoms. The van der Waals surface area contributed by atoms with Crippen LogP contribution >= 0.6 is 0 Å². The van der Waals surface area contributed by atoms with Gasteiger partial charge in [0.1, 0.15) is 6.23 Å². The summed E-state index contributed by atoms with van der Waals surface area (Å²) in [6.07, 6.45) is 2.40. The first-order chi connectivity index (χ1) is 6.40. The van der Waals surface area contributed by atoms with Gasteiger partial charge in [-0.2, -0.15) is 0 Å². The molecule has 0 radical (unpaired) electrons. The molecular formula is C11H15NO. The van der Waals surface area contributed by atoms with Gasteiger partial charge in [0.05, 0.1) is 0 Å². The van der Waals surface area contributed by atoms with Crippen molar-refractivity contribution < 1.29 is 4.74 Å². The molecule has 1 aliphatic heterocycles. The maximum absolute atomic E-state index is 5.53. The SMILES string of the molecule is CCOC1CCc2ccccc2N1. The quantitative estimate of drug-likeness (QED) is 0.749. The number of rotatable bonds is 2. The molecule has 0 aliphatic carbocycles. The first-order valence-electron chi connectivity index (χ1n) is 4.86. The number of benzene rings is 1. The van der Waals surface area contributed by atoms with Gasteiger partial charge in [-0.3, -0.25) is 0 Å². The predicted molar refractivity (Wildman–Crippen MR) is 53.8 cm³/mol. The van der Waals surface area contributed by atoms with Crippen molar-refractivity contribution in [1.82, 2.24) is 0 Å². The Kier molecular flexibility index (Phi) is 2.50. The number of fused-ring (bicyclic) bond motifs is 1. The molecule has 0 spiro atoms. The summed E-state index contributed by atoms with van der Waals surface area (Å²) in [6, 6.07) is 8.42. The number of anilines is 1. The molecule has 1 N–H and O–H groups in total. The molecule has 1 atom stereocenters. The fraction of sp³-hybridized carbons (Fsp3) is 0.455. The van der Waals surface area contributed by atoms with E-state index < -0.39 is 0 Å². The van der Waals surface area contributed by atoms with Crippen molar-refractivity contribution in [2.75, 3.05) is 11.9 Å². The second kappa shape index (κ2) is 3.79. The highest BCUT2D eigenvalue weighted by Crippen LogP contribution is 2.24. The van der Waals surface area contributed by atoms with Gasteiger partial charge in [0, 0.05) is 12.3 Å². The van der Waals surface area contributed by atoms with Crippen molar-refractivity contribution in [2.24, 2.45) is 0 Å². The molecule has 0 saturated carbocycles. The molecule has 0 bridgehead atoms. The Morgan fingerprint density at radius 2 is 2.31 bits per heavy atom. The largest absolute Gasteiger partial charge is 0.360 e. The lowest BCUT2D eigenvalue weighted by Gasteiger charge is -2.26. The van der Waals surface area contributed by atoms with Crippen LogP contribution in [0.4, 0.5) is 5.69 Å². The monoisotopic (exact) mass is 177 g/mol. The highest BCUT2D eigenvalue weighted by atomic mass is 16.5. The number of hydrogen-bond acceptors (Lipinski definition) is 2. The Balaban J connectivity index is 2.11. The van der Waals surface area contributed by atoms with Crippen molar-refractivity contribution in [3.63, 3.8) is 0 Å². The third kappa shape index (κ3) is 1.83. The van der Waals surface area contributed by atoms with Crippen molar-refractivity contribution in [1.29, 1.82) is 0 Å². The standard InChI is InChI=1S/C11H15NO/c1-2-13-11-8-7-9-5-3-4-6-10(9)12-11/h3-6,11-12H,2,7-8H2,1H3. The zero-order valence-corrected chi connectivity index (χ0v) is 7.92. The van der Waals surface area contributed by atoms with Gasteiger partial charge in [-0.25, -0.2) is 0 Å². The number of nitrogens with one attached hydrogen (secondary N) is 1. The summed E-state index contributed by atoms with van der Waals surface area (Å²) < 4.78 is 5.53. The van der Waals surface area contributed by atoms with E-state index in [2.05, 4.69) is 29.6 Å². The van der Waals surface area contributed by atoms with Gasteiger partial charge in [0.15, 0.2) is 0 Å². The van der Waals surface area contributed by atoms with Crippen LogP contribution in [-0.2, 0) is 11.2 Å². The molecule has 1 aromatic carbocycles. The molecule has 0 fully saturated rings. The van der Waals surface area contributed by atoms with Crippen LogP contribution in [0.3, 0.4) is 0 Å². The third-order valence-corrected chi connectivity index (χ3v) is 2.38. The van der Waals surface area contributed by atoms with Crippen molar-refractivity contribution in [3.05, 3.63) is 29.8 Å². The second-order valence-electron chi connectivity index (χ2n) is 3.28. The molecule has 1 unspecified atom stereocenters. The van der Waals surface area contributed by atoms with E-state index in [-0.39, 0.29) is 6.23 Å². The number of hydrogen-bond donors (Lipinski definition) is 1. The predicted octanol–water partition coefficient (Wildman–Crippen LogP) is 2.41. The second-order valence-corrected chi connectivity index (χ2v) is 3.28. The number of aryl methyl sites for hydroxylation is 1. The van der Waals surface area contributed by atoms with Crippen molar-refractivity contribution in [3.8, 4) is 0 Å². The molecule has 0 saturated heterocycles. The minimum atomic E-state index is 0.208. The molecule has 2 heteroatoms. The summed E-state index contributed by atoms with van der Waals surface area (Å²) in [6.45, 7) is 2.81. The number of para-hydroxylation sites is 1. The van der Waals surface area contributed by atoms with Crippen LogP contribution in [0.5, 0.6) is 0 Å². The molecule has 2 rings (SSSR count). The molecule has 0 aromatic heterocycles. The average molecular weight is 177 g/mol. The first kappa shape index (κ1) is 8.57. The van der Waals surface area contributed by atoms with Crippen molar-refractivity contribution >= 4 is 5.69 Å². The van der Waals surface area contributed by atoms with Crippen LogP contribution in [0, 0.1) is 0 Å². The molecule has 1 aliphatic rings. The van der Waals surface area contributed by atoms with Gasteiger partial charge in [0.25, 0.3) is 0 Å². The molecule has 0 amide bonds. The van der Waals surface area contributed by atoms with Crippen LogP contribution in [0.2, 0.25) is 0 Å². The Hall–Kier alpha value is -1.02. The summed E-state index contributed by atoms with van der Waals surface area (Å²) in [5.74, 6) is 0. The van der Waals surface area contributed by atoms with Crippen LogP contribution in [0.1, 0.15) is 18.9 Å². The summed E-state index contributed by atoms with van der Waals surface area (Å²) in [4.78, 5) is 0. The van der Waals surface area contributed by atoms with Crippen molar-refractivity contribution in [2.45, 2.75) is 26.0 Å². The lowest BCUT2D eigenvalue weighted by molar-refractivity contribution is 0.0744. The van der Waals surface area contributed by atoms with E-state index in [1.807, 2.05) is 6.92 Å². The van der Waals surface area contributed by atoms with E-state index in [0.717, 1.165) is 19.4 Å². The summed E-state index contributed by atoms with van der Waals surface area (Å²) >= 11 is 0. The van der Waals surface area contributed by atoms with Crippen LogP contribution < -0.4 is 5.32 Å². The Morgan fingerprint density at radius 3 is 3.15 bits per heavy atom. The smallest absolute Gasteiger partial charge is 0.127 e. The summed E-state index contributed by atoms with van der Waals surface area (Å²) in [7, 11) is 0. The van der Waals surface area contributed by atoms with E-state index in [9.17, 15) is 0 Å². The van der Waals surface area contributed by atoms with E-state index in [1.54, 1.807) is 0 Å². The Morgan fingerprint density at radius 1 is 1.46 bits per heavy atom. The Bertz CT molecular complexity index is 285. The molecule has 2 nitrogen and oxygen atoms in total.